The van der Waals surface area contributed by atoms with Gasteiger partial charge in [0.15, 0.2) is 5.13 Å². The van der Waals surface area contributed by atoms with E-state index in [-0.39, 0.29) is 5.69 Å². The van der Waals surface area contributed by atoms with Crippen LogP contribution in [-0.4, -0.2) is 22.1 Å². The van der Waals surface area contributed by atoms with Gasteiger partial charge in [-0.2, -0.15) is 0 Å². The molecule has 0 amide bonds. The van der Waals surface area contributed by atoms with Gasteiger partial charge in [-0.15, -0.1) is 11.3 Å². The van der Waals surface area contributed by atoms with Crippen molar-refractivity contribution in [3.05, 3.63) is 58.3 Å². The third-order valence-corrected chi connectivity index (χ3v) is 4.42. The summed E-state index contributed by atoms with van der Waals surface area (Å²) < 4.78 is 5.34. The minimum atomic E-state index is -0.209. The lowest BCUT2D eigenvalue weighted by molar-refractivity contribution is 0.417. The zero-order chi connectivity index (χ0) is 16.5. The molecule has 120 valence electrons. The van der Waals surface area contributed by atoms with E-state index in [1.807, 2.05) is 47.8 Å². The summed E-state index contributed by atoms with van der Waals surface area (Å²) in [6, 6.07) is 13.4. The number of H-pyrrole nitrogens is 2. The number of thiazole rings is 1. The van der Waals surface area contributed by atoms with Gasteiger partial charge in [0.1, 0.15) is 5.75 Å². The predicted octanol–water partition coefficient (Wildman–Crippen LogP) is 3.73. The molecule has 0 bridgehead atoms. The molecule has 4 rings (SSSR count). The Morgan fingerprint density at radius 3 is 2.83 bits per heavy atom. The molecule has 0 aliphatic rings. The first-order chi connectivity index (χ1) is 11.7. The number of aromatic nitrogens is 3. The van der Waals surface area contributed by atoms with Crippen molar-refractivity contribution in [1.82, 2.24) is 15.0 Å². The molecule has 0 fully saturated rings. The van der Waals surface area contributed by atoms with Crippen LogP contribution in [0.4, 0.5) is 10.8 Å². The fourth-order valence-electron chi connectivity index (χ4n) is 2.52. The zero-order valence-electron chi connectivity index (χ0n) is 12.8. The van der Waals surface area contributed by atoms with E-state index in [0.717, 1.165) is 38.9 Å². The van der Waals surface area contributed by atoms with Crippen molar-refractivity contribution in [3.8, 4) is 17.0 Å². The second-order valence-electron chi connectivity index (χ2n) is 5.20. The molecular weight excluding hydrogens is 324 g/mol. The Bertz CT molecular complexity index is 1060. The molecule has 0 unspecified atom stereocenters. The maximum Gasteiger partial charge on any atom is 0.323 e. The average molecular weight is 338 g/mol. The minimum absolute atomic E-state index is 0.209. The summed E-state index contributed by atoms with van der Waals surface area (Å²) in [6.45, 7) is 0. The van der Waals surface area contributed by atoms with Gasteiger partial charge in [-0.1, -0.05) is 18.2 Å². The summed E-state index contributed by atoms with van der Waals surface area (Å²) in [6.07, 6.45) is 0. The van der Waals surface area contributed by atoms with E-state index >= 15 is 0 Å². The molecule has 6 nitrogen and oxygen atoms in total. The second kappa shape index (κ2) is 5.86. The van der Waals surface area contributed by atoms with E-state index in [2.05, 4.69) is 20.3 Å². The molecule has 24 heavy (non-hydrogen) atoms. The average Bonchev–Trinajstić information content (AvgIpc) is 3.20. The van der Waals surface area contributed by atoms with E-state index in [0.29, 0.717) is 0 Å². The molecule has 4 aromatic rings. The molecule has 7 heteroatoms. The van der Waals surface area contributed by atoms with Crippen LogP contribution in [0.15, 0.2) is 52.6 Å². The largest absolute Gasteiger partial charge is 0.495 e. The van der Waals surface area contributed by atoms with Crippen LogP contribution < -0.4 is 15.7 Å². The standard InChI is InChI=1S/C17H14N4O2S/c1-23-15-5-3-2-4-12(15)20-17-21-14(9-24-17)10-6-7-11-13(8-10)19-16(22)18-11/h2-9H,1H3,(H,20,21)(H2,18,19,22). The number of benzene rings is 2. The lowest BCUT2D eigenvalue weighted by Gasteiger charge is -2.08. The first-order valence-corrected chi connectivity index (χ1v) is 8.19. The highest BCUT2D eigenvalue weighted by atomic mass is 32.1. The number of rotatable bonds is 4. The quantitative estimate of drug-likeness (QED) is 0.529. The molecule has 0 saturated carbocycles. The summed E-state index contributed by atoms with van der Waals surface area (Å²) in [7, 11) is 1.64. The van der Waals surface area contributed by atoms with Crippen LogP contribution in [0.1, 0.15) is 0 Å². The number of nitrogens with zero attached hydrogens (tertiary/aromatic N) is 1. The molecule has 2 aromatic heterocycles. The lowest BCUT2D eigenvalue weighted by atomic mass is 10.1. The van der Waals surface area contributed by atoms with Crippen LogP contribution in [0, 0.1) is 0 Å². The fourth-order valence-corrected chi connectivity index (χ4v) is 3.25. The van der Waals surface area contributed by atoms with E-state index in [1.165, 1.54) is 11.3 Å². The Kier molecular flexibility index (Phi) is 3.55. The van der Waals surface area contributed by atoms with Gasteiger partial charge in [-0.3, -0.25) is 0 Å². The zero-order valence-corrected chi connectivity index (χ0v) is 13.6. The van der Waals surface area contributed by atoms with Crippen molar-refractivity contribution in [2.24, 2.45) is 0 Å². The highest BCUT2D eigenvalue weighted by Crippen LogP contribution is 2.31. The first kappa shape index (κ1) is 14.5. The van der Waals surface area contributed by atoms with Crippen molar-refractivity contribution < 1.29 is 4.74 Å². The van der Waals surface area contributed by atoms with Gasteiger partial charge in [-0.05, 0) is 24.3 Å². The number of para-hydroxylation sites is 2. The van der Waals surface area contributed by atoms with Gasteiger partial charge in [-0.25, -0.2) is 9.78 Å². The summed E-state index contributed by atoms with van der Waals surface area (Å²) in [5, 5.41) is 6.02. The summed E-state index contributed by atoms with van der Waals surface area (Å²) in [5.74, 6) is 0.764. The number of fused-ring (bicyclic) bond motifs is 1. The van der Waals surface area contributed by atoms with Crippen molar-refractivity contribution in [2.45, 2.75) is 0 Å². The molecule has 0 atom stereocenters. The van der Waals surface area contributed by atoms with Gasteiger partial charge in [0.25, 0.3) is 0 Å². The molecule has 2 heterocycles. The number of ether oxygens (including phenoxy) is 1. The van der Waals surface area contributed by atoms with Crippen molar-refractivity contribution in [1.29, 1.82) is 0 Å². The third kappa shape index (κ3) is 2.65. The van der Waals surface area contributed by atoms with Crippen molar-refractivity contribution >= 4 is 33.2 Å². The smallest absolute Gasteiger partial charge is 0.323 e. The number of hydrogen-bond donors (Lipinski definition) is 3. The maximum atomic E-state index is 11.4. The number of nitrogens with one attached hydrogen (secondary N) is 3. The van der Waals surface area contributed by atoms with Gasteiger partial charge in [0.05, 0.1) is 29.5 Å². The molecule has 2 aromatic carbocycles. The van der Waals surface area contributed by atoms with Gasteiger partial charge in [0.2, 0.25) is 0 Å². The molecule has 0 radical (unpaired) electrons. The lowest BCUT2D eigenvalue weighted by Crippen LogP contribution is -1.99. The summed E-state index contributed by atoms with van der Waals surface area (Å²) in [4.78, 5) is 21.5. The Balaban J connectivity index is 1.64. The van der Waals surface area contributed by atoms with Crippen molar-refractivity contribution in [3.63, 3.8) is 0 Å². The molecule has 3 N–H and O–H groups in total. The highest BCUT2D eigenvalue weighted by Gasteiger charge is 2.09. The number of hydrogen-bond acceptors (Lipinski definition) is 5. The van der Waals surface area contributed by atoms with Gasteiger partial charge in [0, 0.05) is 10.9 Å². The van der Waals surface area contributed by atoms with E-state index in [4.69, 9.17) is 4.74 Å². The monoisotopic (exact) mass is 338 g/mol. The van der Waals surface area contributed by atoms with E-state index in [1.54, 1.807) is 7.11 Å². The Morgan fingerprint density at radius 2 is 1.96 bits per heavy atom. The van der Waals surface area contributed by atoms with E-state index < -0.39 is 0 Å². The molecule has 0 aliphatic heterocycles. The summed E-state index contributed by atoms with van der Waals surface area (Å²) in [5.41, 5.74) is 4.00. The van der Waals surface area contributed by atoms with Gasteiger partial charge >= 0.3 is 5.69 Å². The normalized spacial score (nSPS) is 10.9. The van der Waals surface area contributed by atoms with Crippen LogP contribution in [0.3, 0.4) is 0 Å². The maximum absolute atomic E-state index is 11.4. The van der Waals surface area contributed by atoms with Crippen LogP contribution in [0.25, 0.3) is 22.3 Å². The predicted molar refractivity (Wildman–Crippen MR) is 96.3 cm³/mol. The summed E-state index contributed by atoms with van der Waals surface area (Å²) >= 11 is 1.51. The molecular formula is C17H14N4O2S. The van der Waals surface area contributed by atoms with Crippen LogP contribution in [0.2, 0.25) is 0 Å². The molecule has 0 aliphatic carbocycles. The van der Waals surface area contributed by atoms with Crippen LogP contribution in [0.5, 0.6) is 5.75 Å². The Labute approximate surface area is 141 Å². The number of aromatic amines is 2. The molecule has 0 spiro atoms. The Morgan fingerprint density at radius 1 is 1.12 bits per heavy atom. The van der Waals surface area contributed by atoms with E-state index in [9.17, 15) is 4.79 Å². The minimum Gasteiger partial charge on any atom is -0.495 e. The highest BCUT2D eigenvalue weighted by molar-refractivity contribution is 7.14. The SMILES string of the molecule is COc1ccccc1Nc1nc(-c2ccc3[nH]c(=O)[nH]c3c2)cs1. The fraction of sp³-hybridized carbons (Fsp3) is 0.0588. The number of imidazole rings is 1. The topological polar surface area (TPSA) is 82.8 Å². The van der Waals surface area contributed by atoms with Crippen LogP contribution >= 0.6 is 11.3 Å². The molecule has 0 saturated heterocycles. The van der Waals surface area contributed by atoms with Crippen molar-refractivity contribution in [2.75, 3.05) is 12.4 Å². The number of methoxy groups -OCH3 is 1. The van der Waals surface area contributed by atoms with Crippen LogP contribution in [-0.2, 0) is 0 Å². The second-order valence-corrected chi connectivity index (χ2v) is 6.06. The Hall–Kier alpha value is -3.06. The third-order valence-electron chi connectivity index (χ3n) is 3.66. The first-order valence-electron chi connectivity index (χ1n) is 7.31. The number of anilines is 2. The van der Waals surface area contributed by atoms with Gasteiger partial charge < -0.3 is 20.0 Å².